The summed E-state index contributed by atoms with van der Waals surface area (Å²) in [5.74, 6) is -0.422. The molecule has 1 aliphatic rings. The van der Waals surface area contributed by atoms with Gasteiger partial charge in [-0.05, 0) is 31.4 Å². The van der Waals surface area contributed by atoms with Crippen LogP contribution in [0.3, 0.4) is 0 Å². The van der Waals surface area contributed by atoms with Crippen molar-refractivity contribution in [2.24, 2.45) is 4.99 Å². The predicted molar refractivity (Wildman–Crippen MR) is 61.7 cm³/mol. The van der Waals surface area contributed by atoms with Gasteiger partial charge in [-0.2, -0.15) is 4.99 Å². The van der Waals surface area contributed by atoms with E-state index in [0.717, 1.165) is 0 Å². The van der Waals surface area contributed by atoms with Gasteiger partial charge in [0.15, 0.2) is 11.6 Å². The van der Waals surface area contributed by atoms with Crippen LogP contribution in [0.4, 0.5) is 4.39 Å². The molecule has 1 fully saturated rings. The molecule has 0 N–H and O–H groups in total. The highest BCUT2D eigenvalue weighted by molar-refractivity contribution is 6.31. The standard InChI is InChI=1S/C12H11ClFNO2/c1-7-8(13)5-9(14)11(17-2)10(7)12(3-4-12)15-6-16/h5H,3-4H2,1-2H3. The van der Waals surface area contributed by atoms with Crippen molar-refractivity contribution in [1.29, 1.82) is 0 Å². The van der Waals surface area contributed by atoms with E-state index in [0.29, 0.717) is 29.0 Å². The van der Waals surface area contributed by atoms with Gasteiger partial charge in [-0.25, -0.2) is 9.18 Å². The minimum Gasteiger partial charge on any atom is -0.493 e. The number of methoxy groups -OCH3 is 1. The minimum atomic E-state index is -0.692. The summed E-state index contributed by atoms with van der Waals surface area (Å²) in [7, 11) is 1.38. The molecule has 2 rings (SSSR count). The van der Waals surface area contributed by atoms with Gasteiger partial charge in [0.05, 0.1) is 7.11 Å². The smallest absolute Gasteiger partial charge is 0.235 e. The van der Waals surface area contributed by atoms with Crippen LogP contribution >= 0.6 is 11.6 Å². The number of nitrogens with zero attached hydrogens (tertiary/aromatic N) is 1. The molecule has 3 nitrogen and oxygen atoms in total. The Morgan fingerprint density at radius 2 is 2.24 bits per heavy atom. The lowest BCUT2D eigenvalue weighted by molar-refractivity contribution is 0.376. The molecule has 0 unspecified atom stereocenters. The molecular weight excluding hydrogens is 245 g/mol. The maximum Gasteiger partial charge on any atom is 0.235 e. The first-order valence-electron chi connectivity index (χ1n) is 5.18. The SMILES string of the molecule is COc1c(F)cc(Cl)c(C)c1C1(N=C=O)CC1. The Morgan fingerprint density at radius 1 is 1.59 bits per heavy atom. The Labute approximate surface area is 103 Å². The molecule has 0 aromatic heterocycles. The van der Waals surface area contributed by atoms with Crippen LogP contribution in [0, 0.1) is 12.7 Å². The zero-order valence-electron chi connectivity index (χ0n) is 9.51. The number of benzene rings is 1. The summed E-state index contributed by atoms with van der Waals surface area (Å²) < 4.78 is 18.8. The van der Waals surface area contributed by atoms with Crippen molar-refractivity contribution in [2.75, 3.05) is 7.11 Å². The van der Waals surface area contributed by atoms with Crippen molar-refractivity contribution >= 4 is 17.7 Å². The van der Waals surface area contributed by atoms with Gasteiger partial charge in [-0.3, -0.25) is 0 Å². The van der Waals surface area contributed by atoms with Crippen LogP contribution in [0.5, 0.6) is 5.75 Å². The highest BCUT2D eigenvalue weighted by Gasteiger charge is 2.48. The Bertz CT molecular complexity index is 520. The largest absolute Gasteiger partial charge is 0.493 e. The Balaban J connectivity index is 2.71. The van der Waals surface area contributed by atoms with E-state index in [2.05, 4.69) is 4.99 Å². The number of hydrogen-bond donors (Lipinski definition) is 0. The lowest BCUT2D eigenvalue weighted by Crippen LogP contribution is -2.09. The first-order valence-corrected chi connectivity index (χ1v) is 5.55. The summed E-state index contributed by atoms with van der Waals surface area (Å²) in [6.45, 7) is 1.76. The van der Waals surface area contributed by atoms with E-state index >= 15 is 0 Å². The van der Waals surface area contributed by atoms with Gasteiger partial charge >= 0.3 is 0 Å². The van der Waals surface area contributed by atoms with Gasteiger partial charge in [-0.1, -0.05) is 11.6 Å². The fraction of sp³-hybridized carbons (Fsp3) is 0.417. The summed E-state index contributed by atoms with van der Waals surface area (Å²) >= 11 is 5.95. The van der Waals surface area contributed by atoms with Crippen molar-refractivity contribution < 1.29 is 13.9 Å². The zero-order chi connectivity index (χ0) is 12.6. The van der Waals surface area contributed by atoms with Gasteiger partial charge < -0.3 is 4.74 Å². The van der Waals surface area contributed by atoms with Crippen molar-refractivity contribution in [3.05, 3.63) is 28.0 Å². The van der Waals surface area contributed by atoms with Crippen LogP contribution in [0.2, 0.25) is 5.02 Å². The molecule has 5 heteroatoms. The molecule has 1 aliphatic carbocycles. The highest BCUT2D eigenvalue weighted by atomic mass is 35.5. The van der Waals surface area contributed by atoms with Crippen molar-refractivity contribution in [3.63, 3.8) is 0 Å². The van der Waals surface area contributed by atoms with Gasteiger partial charge in [-0.15, -0.1) is 0 Å². The first-order chi connectivity index (χ1) is 8.05. The monoisotopic (exact) mass is 255 g/mol. The summed E-state index contributed by atoms with van der Waals surface area (Å²) in [5.41, 5.74) is 0.567. The van der Waals surface area contributed by atoms with E-state index in [-0.39, 0.29) is 5.75 Å². The molecule has 17 heavy (non-hydrogen) atoms. The summed E-state index contributed by atoms with van der Waals surface area (Å²) in [6.07, 6.45) is 2.90. The molecule has 0 amide bonds. The van der Waals surface area contributed by atoms with E-state index in [9.17, 15) is 9.18 Å². The van der Waals surface area contributed by atoms with E-state index in [1.54, 1.807) is 13.0 Å². The third-order valence-corrected chi connectivity index (χ3v) is 3.48. The number of ether oxygens (including phenoxy) is 1. The molecule has 0 spiro atoms. The molecule has 90 valence electrons. The zero-order valence-corrected chi connectivity index (χ0v) is 10.3. The van der Waals surface area contributed by atoms with Crippen LogP contribution in [0.25, 0.3) is 0 Å². The maximum atomic E-state index is 13.7. The molecule has 0 bridgehead atoms. The second-order valence-electron chi connectivity index (χ2n) is 4.11. The molecule has 0 saturated heterocycles. The number of rotatable bonds is 3. The van der Waals surface area contributed by atoms with Gasteiger partial charge in [0.25, 0.3) is 0 Å². The summed E-state index contributed by atoms with van der Waals surface area (Å²) in [5, 5.41) is 0.311. The summed E-state index contributed by atoms with van der Waals surface area (Å²) in [4.78, 5) is 14.2. The number of halogens is 2. The van der Waals surface area contributed by atoms with Crippen LogP contribution < -0.4 is 4.74 Å². The highest BCUT2D eigenvalue weighted by Crippen LogP contribution is 2.54. The van der Waals surface area contributed by atoms with Crippen molar-refractivity contribution in [3.8, 4) is 5.75 Å². The molecule has 1 aromatic rings. The third kappa shape index (κ3) is 1.84. The number of isocyanates is 1. The molecular formula is C12H11ClFNO2. The van der Waals surface area contributed by atoms with E-state index in [1.807, 2.05) is 0 Å². The lowest BCUT2D eigenvalue weighted by Gasteiger charge is -2.18. The summed E-state index contributed by atoms with van der Waals surface area (Å²) in [6, 6.07) is 1.21. The molecule has 0 radical (unpaired) electrons. The number of aliphatic imine (C=N–C) groups is 1. The van der Waals surface area contributed by atoms with Crippen molar-refractivity contribution in [1.82, 2.24) is 0 Å². The quantitative estimate of drug-likeness (QED) is 0.615. The molecule has 0 heterocycles. The average Bonchev–Trinajstić information content (AvgIpc) is 3.04. The van der Waals surface area contributed by atoms with Gasteiger partial charge in [0.1, 0.15) is 5.54 Å². The fourth-order valence-corrected chi connectivity index (χ4v) is 2.27. The molecule has 0 aliphatic heterocycles. The normalized spacial score (nSPS) is 16.2. The van der Waals surface area contributed by atoms with Crippen LogP contribution in [0.1, 0.15) is 24.0 Å². The Kier molecular flexibility index (Phi) is 2.94. The van der Waals surface area contributed by atoms with Crippen LogP contribution in [-0.4, -0.2) is 13.2 Å². The second-order valence-corrected chi connectivity index (χ2v) is 4.52. The fourth-order valence-electron chi connectivity index (χ4n) is 2.08. The molecule has 1 aromatic carbocycles. The maximum absolute atomic E-state index is 13.7. The van der Waals surface area contributed by atoms with E-state index < -0.39 is 11.4 Å². The van der Waals surface area contributed by atoms with Gasteiger partial charge in [0, 0.05) is 10.6 Å². The third-order valence-electron chi connectivity index (χ3n) is 3.08. The number of carbonyl (C=O) groups excluding carboxylic acids is 1. The van der Waals surface area contributed by atoms with Crippen LogP contribution in [-0.2, 0) is 10.3 Å². The molecule has 0 atom stereocenters. The first kappa shape index (κ1) is 12.1. The van der Waals surface area contributed by atoms with Gasteiger partial charge in [0.2, 0.25) is 6.08 Å². The molecule has 1 saturated carbocycles. The van der Waals surface area contributed by atoms with Crippen LogP contribution in [0.15, 0.2) is 11.1 Å². The lowest BCUT2D eigenvalue weighted by atomic mass is 9.98. The van der Waals surface area contributed by atoms with E-state index in [4.69, 9.17) is 16.3 Å². The van der Waals surface area contributed by atoms with Crippen molar-refractivity contribution in [2.45, 2.75) is 25.3 Å². The second kappa shape index (κ2) is 4.13. The predicted octanol–water partition coefficient (Wildman–Crippen LogP) is 3.12. The Hall–Kier alpha value is -1.38. The minimum absolute atomic E-state index is 0.114. The topological polar surface area (TPSA) is 38.7 Å². The average molecular weight is 256 g/mol. The van der Waals surface area contributed by atoms with E-state index in [1.165, 1.54) is 13.2 Å². The number of hydrogen-bond acceptors (Lipinski definition) is 3. The Morgan fingerprint density at radius 3 is 2.71 bits per heavy atom.